The lowest BCUT2D eigenvalue weighted by molar-refractivity contribution is 0.486. The van der Waals surface area contributed by atoms with Crippen LogP contribution < -0.4 is 4.90 Å². The third-order valence-corrected chi connectivity index (χ3v) is 3.75. The Labute approximate surface area is 123 Å². The van der Waals surface area contributed by atoms with Crippen molar-refractivity contribution >= 4 is 5.82 Å². The normalized spacial score (nSPS) is 18.7. The lowest BCUT2D eigenvalue weighted by atomic mass is 10.2. The van der Waals surface area contributed by atoms with Gasteiger partial charge in [-0.2, -0.15) is 4.39 Å². The van der Waals surface area contributed by atoms with Crippen LogP contribution >= 0.6 is 0 Å². The fraction of sp³-hybridized carbons (Fsp3) is 0.533. The molecule has 2 aromatic heterocycles. The third kappa shape index (κ3) is 2.89. The van der Waals surface area contributed by atoms with E-state index in [1.807, 2.05) is 6.07 Å². The topological polar surface area (TPSA) is 46.8 Å². The zero-order chi connectivity index (χ0) is 14.8. The van der Waals surface area contributed by atoms with Crippen LogP contribution in [0.3, 0.4) is 0 Å². The second kappa shape index (κ2) is 5.79. The molecule has 1 aliphatic rings. The van der Waals surface area contributed by atoms with E-state index < -0.39 is 5.95 Å². The molecule has 1 aliphatic heterocycles. The van der Waals surface area contributed by atoms with Crippen LogP contribution in [0.4, 0.5) is 10.2 Å². The van der Waals surface area contributed by atoms with Crippen LogP contribution in [0.5, 0.6) is 0 Å². The van der Waals surface area contributed by atoms with Gasteiger partial charge in [-0.1, -0.05) is 19.9 Å². The molecule has 0 amide bonds. The molecule has 0 saturated carbocycles. The van der Waals surface area contributed by atoms with E-state index in [4.69, 9.17) is 0 Å². The first-order chi connectivity index (χ1) is 10.1. The van der Waals surface area contributed by atoms with Crippen LogP contribution in [0.25, 0.3) is 0 Å². The molecule has 6 heteroatoms. The molecule has 112 valence electrons. The van der Waals surface area contributed by atoms with E-state index in [2.05, 4.69) is 38.5 Å². The van der Waals surface area contributed by atoms with Crippen molar-refractivity contribution in [3.63, 3.8) is 0 Å². The zero-order valence-corrected chi connectivity index (χ0v) is 12.4. The summed E-state index contributed by atoms with van der Waals surface area (Å²) in [5.74, 6) is 1.72. The van der Waals surface area contributed by atoms with Crippen molar-refractivity contribution in [2.75, 3.05) is 11.4 Å². The maximum absolute atomic E-state index is 13.4. The minimum Gasteiger partial charge on any atom is -0.346 e. The predicted octanol–water partition coefficient (Wildman–Crippen LogP) is 2.81. The number of anilines is 1. The number of nitrogens with zero attached hydrogens (tertiary/aromatic N) is 5. The largest absolute Gasteiger partial charge is 0.346 e. The van der Waals surface area contributed by atoms with Crippen LogP contribution in [0.15, 0.2) is 24.5 Å². The van der Waals surface area contributed by atoms with Crippen LogP contribution in [0, 0.1) is 11.9 Å². The summed E-state index contributed by atoms with van der Waals surface area (Å²) in [5, 5.41) is 8.36. The van der Waals surface area contributed by atoms with E-state index >= 15 is 0 Å². The number of hydrogen-bond donors (Lipinski definition) is 0. The van der Waals surface area contributed by atoms with Gasteiger partial charge in [-0.3, -0.25) is 0 Å². The second-order valence-corrected chi connectivity index (χ2v) is 5.91. The first-order valence-electron chi connectivity index (χ1n) is 7.42. The number of pyridine rings is 1. The average molecular weight is 289 g/mol. The van der Waals surface area contributed by atoms with Gasteiger partial charge >= 0.3 is 0 Å². The smallest absolute Gasteiger partial charge is 0.214 e. The molecule has 3 rings (SSSR count). The van der Waals surface area contributed by atoms with Crippen LogP contribution in [0.1, 0.15) is 38.6 Å². The molecule has 21 heavy (non-hydrogen) atoms. The van der Waals surface area contributed by atoms with Gasteiger partial charge in [-0.15, -0.1) is 10.2 Å². The Morgan fingerprint density at radius 1 is 1.38 bits per heavy atom. The van der Waals surface area contributed by atoms with Gasteiger partial charge in [-0.05, 0) is 30.9 Å². The Hall–Kier alpha value is -1.98. The molecular formula is C15H20FN5. The van der Waals surface area contributed by atoms with Gasteiger partial charge in [0.15, 0.2) is 5.82 Å². The first-order valence-corrected chi connectivity index (χ1v) is 7.42. The Morgan fingerprint density at radius 2 is 2.24 bits per heavy atom. The third-order valence-electron chi connectivity index (χ3n) is 3.75. The Kier molecular flexibility index (Phi) is 3.86. The SMILES string of the molecule is CC(C)Cn1cnnc1C1CCCN1c1cccc(F)n1. The van der Waals surface area contributed by atoms with E-state index in [-0.39, 0.29) is 6.04 Å². The number of hydrogen-bond acceptors (Lipinski definition) is 4. The molecule has 1 unspecified atom stereocenters. The van der Waals surface area contributed by atoms with E-state index in [1.54, 1.807) is 12.4 Å². The standard InChI is InChI=1S/C15H20FN5/c1-11(2)9-20-10-17-19-15(20)12-5-4-8-21(12)14-7-3-6-13(16)18-14/h3,6-7,10-12H,4-5,8-9H2,1-2H3. The maximum Gasteiger partial charge on any atom is 0.214 e. The minimum absolute atomic E-state index is 0.126. The molecule has 0 bridgehead atoms. The van der Waals surface area contributed by atoms with Gasteiger partial charge in [0, 0.05) is 13.1 Å². The molecular weight excluding hydrogens is 269 g/mol. The Morgan fingerprint density at radius 3 is 3.00 bits per heavy atom. The molecule has 3 heterocycles. The van der Waals surface area contributed by atoms with Crippen molar-refractivity contribution in [1.82, 2.24) is 19.7 Å². The molecule has 1 fully saturated rings. The molecule has 2 aromatic rings. The van der Waals surface area contributed by atoms with Gasteiger partial charge in [0.25, 0.3) is 0 Å². The van der Waals surface area contributed by atoms with Crippen molar-refractivity contribution in [2.45, 2.75) is 39.3 Å². The highest BCUT2D eigenvalue weighted by Gasteiger charge is 2.31. The average Bonchev–Trinajstić information content (AvgIpc) is 3.06. The maximum atomic E-state index is 13.4. The first kappa shape index (κ1) is 14.0. The molecule has 0 aliphatic carbocycles. The summed E-state index contributed by atoms with van der Waals surface area (Å²) in [5.41, 5.74) is 0. The second-order valence-electron chi connectivity index (χ2n) is 5.91. The summed E-state index contributed by atoms with van der Waals surface area (Å²) in [6.45, 7) is 6.10. The van der Waals surface area contributed by atoms with Crippen molar-refractivity contribution in [2.24, 2.45) is 5.92 Å². The van der Waals surface area contributed by atoms with Crippen LogP contribution in [-0.2, 0) is 6.54 Å². The van der Waals surface area contributed by atoms with E-state index in [0.717, 1.165) is 31.8 Å². The van der Waals surface area contributed by atoms with Crippen molar-refractivity contribution in [3.8, 4) is 0 Å². The molecule has 0 aromatic carbocycles. The molecule has 1 atom stereocenters. The Bertz CT molecular complexity index is 610. The quantitative estimate of drug-likeness (QED) is 0.812. The summed E-state index contributed by atoms with van der Waals surface area (Å²) in [6, 6.07) is 5.05. The van der Waals surface area contributed by atoms with Crippen molar-refractivity contribution in [3.05, 3.63) is 36.3 Å². The highest BCUT2D eigenvalue weighted by Crippen LogP contribution is 2.34. The highest BCUT2D eigenvalue weighted by atomic mass is 19.1. The molecule has 5 nitrogen and oxygen atoms in total. The molecule has 0 spiro atoms. The number of aromatic nitrogens is 4. The minimum atomic E-state index is -0.443. The van der Waals surface area contributed by atoms with Crippen molar-refractivity contribution < 1.29 is 4.39 Å². The lowest BCUT2D eigenvalue weighted by Crippen LogP contribution is -2.26. The summed E-state index contributed by atoms with van der Waals surface area (Å²) in [4.78, 5) is 6.14. The van der Waals surface area contributed by atoms with Gasteiger partial charge in [0.05, 0.1) is 6.04 Å². The monoisotopic (exact) mass is 289 g/mol. The fourth-order valence-corrected chi connectivity index (χ4v) is 2.92. The van der Waals surface area contributed by atoms with Crippen molar-refractivity contribution in [1.29, 1.82) is 0 Å². The van der Waals surface area contributed by atoms with E-state index in [9.17, 15) is 4.39 Å². The van der Waals surface area contributed by atoms with Gasteiger partial charge < -0.3 is 9.47 Å². The lowest BCUT2D eigenvalue weighted by Gasteiger charge is -2.25. The zero-order valence-electron chi connectivity index (χ0n) is 12.4. The van der Waals surface area contributed by atoms with Crippen LogP contribution in [0.2, 0.25) is 0 Å². The fourth-order valence-electron chi connectivity index (χ4n) is 2.92. The predicted molar refractivity (Wildman–Crippen MR) is 78.4 cm³/mol. The summed E-state index contributed by atoms with van der Waals surface area (Å²) in [7, 11) is 0. The summed E-state index contributed by atoms with van der Waals surface area (Å²) in [6.07, 6.45) is 3.83. The van der Waals surface area contributed by atoms with Gasteiger partial charge in [0.1, 0.15) is 12.1 Å². The Balaban J connectivity index is 1.89. The number of halogens is 1. The van der Waals surface area contributed by atoms with Gasteiger partial charge in [0.2, 0.25) is 5.95 Å². The molecule has 0 N–H and O–H groups in total. The molecule has 1 saturated heterocycles. The summed E-state index contributed by atoms with van der Waals surface area (Å²) >= 11 is 0. The summed E-state index contributed by atoms with van der Waals surface area (Å²) < 4.78 is 15.5. The van der Waals surface area contributed by atoms with Crippen LogP contribution in [-0.4, -0.2) is 26.3 Å². The van der Waals surface area contributed by atoms with E-state index in [0.29, 0.717) is 11.7 Å². The number of rotatable bonds is 4. The highest BCUT2D eigenvalue weighted by molar-refractivity contribution is 5.41. The van der Waals surface area contributed by atoms with E-state index in [1.165, 1.54) is 6.07 Å². The van der Waals surface area contributed by atoms with Gasteiger partial charge in [-0.25, -0.2) is 4.98 Å². The molecule has 0 radical (unpaired) electrons.